The molecule has 0 aromatic heterocycles. The molecule has 0 aromatic rings. The predicted octanol–water partition coefficient (Wildman–Crippen LogP) is 3.11. The lowest BCUT2D eigenvalue weighted by atomic mass is 10.1. The van der Waals surface area contributed by atoms with Gasteiger partial charge in [-0.25, -0.2) is 0 Å². The minimum absolute atomic E-state index is 0.280. The van der Waals surface area contributed by atoms with E-state index in [2.05, 4.69) is 39.2 Å². The normalized spacial score (nSPS) is 10.0. The van der Waals surface area contributed by atoms with Crippen LogP contribution in [-0.4, -0.2) is 8.80 Å². The van der Waals surface area contributed by atoms with Gasteiger partial charge in [-0.05, 0) is 5.92 Å². The third-order valence-corrected chi connectivity index (χ3v) is 3.87. The largest absolute Gasteiger partial charge is 0.144 e. The van der Waals surface area contributed by atoms with Gasteiger partial charge in [0.25, 0.3) is 0 Å². The smallest absolute Gasteiger partial charge is 0.133 e. The SMILES string of the molecule is CC[Si](C#CCC(C)C)CC. The fraction of sp³-hybridized carbons (Fsp3) is 0.800. The minimum atomic E-state index is -0.280. The Morgan fingerprint density at radius 1 is 1.18 bits per heavy atom. The van der Waals surface area contributed by atoms with E-state index in [-0.39, 0.29) is 8.80 Å². The molecule has 0 heterocycles. The summed E-state index contributed by atoms with van der Waals surface area (Å²) in [4.78, 5) is 0. The molecule has 0 aliphatic carbocycles. The van der Waals surface area contributed by atoms with Crippen molar-refractivity contribution in [2.45, 2.75) is 46.2 Å². The molecule has 63 valence electrons. The van der Waals surface area contributed by atoms with E-state index in [4.69, 9.17) is 0 Å². The maximum absolute atomic E-state index is 3.40. The fourth-order valence-electron chi connectivity index (χ4n) is 0.807. The number of hydrogen-bond donors (Lipinski definition) is 0. The van der Waals surface area contributed by atoms with E-state index in [0.29, 0.717) is 0 Å². The molecule has 0 saturated heterocycles. The lowest BCUT2D eigenvalue weighted by Crippen LogP contribution is -2.05. The van der Waals surface area contributed by atoms with Gasteiger partial charge in [0.15, 0.2) is 0 Å². The highest BCUT2D eigenvalue weighted by molar-refractivity contribution is 6.67. The van der Waals surface area contributed by atoms with Crippen LogP contribution >= 0.6 is 0 Å². The molecule has 0 fully saturated rings. The molecule has 0 atom stereocenters. The summed E-state index contributed by atoms with van der Waals surface area (Å²) in [7, 11) is -0.280. The molecule has 0 aliphatic heterocycles. The predicted molar refractivity (Wildman–Crippen MR) is 53.9 cm³/mol. The molecule has 0 nitrogen and oxygen atoms in total. The van der Waals surface area contributed by atoms with Crippen molar-refractivity contribution < 1.29 is 0 Å². The van der Waals surface area contributed by atoms with Gasteiger partial charge in [-0.3, -0.25) is 0 Å². The Hall–Kier alpha value is -0.223. The second-order valence-electron chi connectivity index (χ2n) is 3.21. The summed E-state index contributed by atoms with van der Waals surface area (Å²) in [5.41, 5.74) is 3.40. The average molecular weight is 167 g/mol. The van der Waals surface area contributed by atoms with Crippen molar-refractivity contribution in [3.8, 4) is 11.5 Å². The fourth-order valence-corrected chi connectivity index (χ4v) is 2.01. The second-order valence-corrected chi connectivity index (χ2v) is 6.08. The summed E-state index contributed by atoms with van der Waals surface area (Å²) in [5.74, 6) is 4.02. The van der Waals surface area contributed by atoms with Gasteiger partial charge >= 0.3 is 0 Å². The molecule has 0 amide bonds. The highest BCUT2D eigenvalue weighted by atomic mass is 28.3. The van der Waals surface area contributed by atoms with Gasteiger partial charge in [0, 0.05) is 6.42 Å². The topological polar surface area (TPSA) is 0 Å². The molecule has 0 saturated carbocycles. The summed E-state index contributed by atoms with van der Waals surface area (Å²) in [6.45, 7) is 8.95. The third kappa shape index (κ3) is 6.19. The van der Waals surface area contributed by atoms with Crippen LogP contribution < -0.4 is 0 Å². The van der Waals surface area contributed by atoms with Crippen LogP contribution in [0.5, 0.6) is 0 Å². The lowest BCUT2D eigenvalue weighted by Gasteiger charge is -1.98. The van der Waals surface area contributed by atoms with Gasteiger partial charge in [-0.2, -0.15) is 0 Å². The summed E-state index contributed by atoms with van der Waals surface area (Å²) < 4.78 is 0. The van der Waals surface area contributed by atoms with E-state index in [1.54, 1.807) is 0 Å². The Morgan fingerprint density at radius 2 is 1.73 bits per heavy atom. The Labute approximate surface area is 73.0 Å². The average Bonchev–Trinajstić information content (AvgIpc) is 1.98. The van der Waals surface area contributed by atoms with E-state index >= 15 is 0 Å². The minimum Gasteiger partial charge on any atom is -0.133 e. The summed E-state index contributed by atoms with van der Waals surface area (Å²) in [5, 5.41) is 0. The van der Waals surface area contributed by atoms with Crippen LogP contribution in [0.4, 0.5) is 0 Å². The molecule has 0 bridgehead atoms. The summed E-state index contributed by atoms with van der Waals surface area (Å²) in [6.07, 6.45) is 1.08. The van der Waals surface area contributed by atoms with Crippen LogP contribution in [0, 0.1) is 17.4 Å². The van der Waals surface area contributed by atoms with Gasteiger partial charge in [0.2, 0.25) is 0 Å². The number of rotatable bonds is 3. The molecular formula is C10H19Si. The third-order valence-electron chi connectivity index (χ3n) is 1.63. The van der Waals surface area contributed by atoms with Crippen LogP contribution in [0.3, 0.4) is 0 Å². The standard InChI is InChI=1S/C10H19Si/c1-5-11(6-2)9-7-8-10(3)4/h10H,5-6,8H2,1-4H3. The first kappa shape index (κ1) is 10.8. The Bertz CT molecular complexity index is 135. The van der Waals surface area contributed by atoms with Crippen molar-refractivity contribution in [2.24, 2.45) is 5.92 Å². The van der Waals surface area contributed by atoms with Gasteiger partial charge in [0.05, 0.1) is 0 Å². The van der Waals surface area contributed by atoms with Crippen LogP contribution in [0.25, 0.3) is 0 Å². The molecule has 0 N–H and O–H groups in total. The summed E-state index contributed by atoms with van der Waals surface area (Å²) >= 11 is 0. The molecular weight excluding hydrogens is 148 g/mol. The van der Waals surface area contributed by atoms with Crippen molar-refractivity contribution in [1.29, 1.82) is 0 Å². The maximum Gasteiger partial charge on any atom is 0.144 e. The van der Waals surface area contributed by atoms with Crippen molar-refractivity contribution in [2.75, 3.05) is 0 Å². The van der Waals surface area contributed by atoms with Crippen molar-refractivity contribution in [3.63, 3.8) is 0 Å². The first-order chi connectivity index (χ1) is 5.20. The monoisotopic (exact) mass is 167 g/mol. The lowest BCUT2D eigenvalue weighted by molar-refractivity contribution is 0.676. The highest BCUT2D eigenvalue weighted by Gasteiger charge is 1.99. The van der Waals surface area contributed by atoms with Crippen molar-refractivity contribution in [1.82, 2.24) is 0 Å². The molecule has 0 rings (SSSR count). The van der Waals surface area contributed by atoms with E-state index in [0.717, 1.165) is 12.3 Å². The molecule has 0 aliphatic rings. The maximum atomic E-state index is 3.40. The van der Waals surface area contributed by atoms with Crippen LogP contribution in [-0.2, 0) is 0 Å². The Kier molecular flexibility index (Phi) is 6.35. The number of hydrogen-bond acceptors (Lipinski definition) is 0. The molecule has 0 spiro atoms. The van der Waals surface area contributed by atoms with Crippen LogP contribution in [0.2, 0.25) is 12.1 Å². The van der Waals surface area contributed by atoms with E-state index < -0.39 is 0 Å². The summed E-state index contributed by atoms with van der Waals surface area (Å²) in [6, 6.07) is 2.60. The highest BCUT2D eigenvalue weighted by Crippen LogP contribution is 1.99. The van der Waals surface area contributed by atoms with Crippen molar-refractivity contribution in [3.05, 3.63) is 0 Å². The molecule has 1 radical (unpaired) electrons. The first-order valence-corrected chi connectivity index (χ1v) is 6.45. The molecule has 0 unspecified atom stereocenters. The van der Waals surface area contributed by atoms with Crippen LogP contribution in [0.1, 0.15) is 34.1 Å². The van der Waals surface area contributed by atoms with Crippen molar-refractivity contribution >= 4 is 8.80 Å². The Morgan fingerprint density at radius 3 is 2.09 bits per heavy atom. The van der Waals surface area contributed by atoms with Crippen LogP contribution in [0.15, 0.2) is 0 Å². The zero-order valence-electron chi connectivity index (χ0n) is 8.20. The van der Waals surface area contributed by atoms with E-state index in [1.165, 1.54) is 12.1 Å². The molecule has 11 heavy (non-hydrogen) atoms. The first-order valence-electron chi connectivity index (χ1n) is 4.54. The van der Waals surface area contributed by atoms with Gasteiger partial charge in [-0.1, -0.05) is 39.8 Å². The quantitative estimate of drug-likeness (QED) is 0.447. The molecule has 1 heteroatoms. The zero-order chi connectivity index (χ0) is 8.69. The second kappa shape index (κ2) is 6.48. The van der Waals surface area contributed by atoms with Gasteiger partial charge in [0.1, 0.15) is 8.80 Å². The van der Waals surface area contributed by atoms with Gasteiger partial charge < -0.3 is 0 Å². The van der Waals surface area contributed by atoms with Gasteiger partial charge in [-0.15, -0.1) is 11.5 Å². The zero-order valence-corrected chi connectivity index (χ0v) is 9.20. The molecule has 0 aromatic carbocycles. The van der Waals surface area contributed by atoms with E-state index in [1.807, 2.05) is 0 Å². The van der Waals surface area contributed by atoms with E-state index in [9.17, 15) is 0 Å². The Balaban J connectivity index is 3.65.